The van der Waals surface area contributed by atoms with E-state index in [4.69, 9.17) is 0 Å². The van der Waals surface area contributed by atoms with Crippen molar-refractivity contribution in [2.45, 2.75) is 245 Å². The molecular formula is C41H81N2+. The molecule has 0 radical (unpaired) electrons. The highest BCUT2D eigenvalue weighted by Crippen LogP contribution is 2.27. The van der Waals surface area contributed by atoms with Crippen molar-refractivity contribution in [2.24, 2.45) is 0 Å². The predicted molar refractivity (Wildman–Crippen MR) is 193 cm³/mol. The SMILES string of the molecule is CCCCCCCCCCCCCCCCC(CCCCCCC)c1[nH]cc[n+]1C(C)CCCCCCCCCCCC. The second-order valence-corrected chi connectivity index (χ2v) is 14.4. The number of unbranched alkanes of at least 4 members (excludes halogenated alkanes) is 26. The Balaban J connectivity index is 2.32. The minimum Gasteiger partial charge on any atom is -0.247 e. The second kappa shape index (κ2) is 31.2. The van der Waals surface area contributed by atoms with Crippen LogP contribution in [0.2, 0.25) is 0 Å². The molecule has 1 heterocycles. The molecule has 0 aromatic carbocycles. The topological polar surface area (TPSA) is 19.7 Å². The van der Waals surface area contributed by atoms with Crippen LogP contribution in [0.3, 0.4) is 0 Å². The Morgan fingerprint density at radius 3 is 1.09 bits per heavy atom. The first-order valence-corrected chi connectivity index (χ1v) is 20.3. The summed E-state index contributed by atoms with van der Waals surface area (Å²) < 4.78 is 2.63. The first-order chi connectivity index (χ1) is 21.2. The maximum atomic E-state index is 3.74. The van der Waals surface area contributed by atoms with Crippen molar-refractivity contribution in [1.82, 2.24) is 4.98 Å². The lowest BCUT2D eigenvalue weighted by molar-refractivity contribution is -0.727. The third-order valence-electron chi connectivity index (χ3n) is 10.1. The molecule has 0 saturated carbocycles. The van der Waals surface area contributed by atoms with Gasteiger partial charge in [-0.15, -0.1) is 0 Å². The van der Waals surface area contributed by atoms with E-state index in [2.05, 4.69) is 49.6 Å². The standard InChI is InChI=1S/C41H80N2/c1-5-8-11-14-16-18-20-21-22-23-25-27-30-33-36-40(35-32-28-13-10-7-3)41-42-37-38-43(41)39(4)34-31-29-26-24-19-17-15-12-9-6-2/h37-40H,5-36H2,1-4H3/p+1. The van der Waals surface area contributed by atoms with E-state index in [9.17, 15) is 0 Å². The number of hydrogen-bond donors (Lipinski definition) is 1. The van der Waals surface area contributed by atoms with Crippen LogP contribution in [0.5, 0.6) is 0 Å². The van der Waals surface area contributed by atoms with Gasteiger partial charge in [-0.2, -0.15) is 0 Å². The zero-order valence-electron chi connectivity index (χ0n) is 30.4. The quantitative estimate of drug-likeness (QED) is 0.0599. The monoisotopic (exact) mass is 602 g/mol. The highest BCUT2D eigenvalue weighted by molar-refractivity contribution is 4.90. The normalized spacial score (nSPS) is 13.1. The third kappa shape index (κ3) is 23.2. The molecule has 1 N–H and O–H groups in total. The zero-order valence-corrected chi connectivity index (χ0v) is 30.4. The molecule has 1 aromatic heterocycles. The van der Waals surface area contributed by atoms with Gasteiger partial charge < -0.3 is 0 Å². The summed E-state index contributed by atoms with van der Waals surface area (Å²) >= 11 is 0. The van der Waals surface area contributed by atoms with Crippen molar-refractivity contribution in [3.63, 3.8) is 0 Å². The van der Waals surface area contributed by atoms with Crippen LogP contribution in [-0.4, -0.2) is 4.98 Å². The van der Waals surface area contributed by atoms with Crippen LogP contribution >= 0.6 is 0 Å². The smallest absolute Gasteiger partial charge is 0.247 e. The Bertz CT molecular complexity index is 664. The molecule has 1 rings (SSSR count). The van der Waals surface area contributed by atoms with Crippen LogP contribution in [0.4, 0.5) is 0 Å². The Labute approximate surface area is 272 Å². The van der Waals surface area contributed by atoms with Crippen molar-refractivity contribution in [1.29, 1.82) is 0 Å². The molecule has 0 saturated heterocycles. The molecule has 0 spiro atoms. The molecule has 2 atom stereocenters. The van der Waals surface area contributed by atoms with Crippen LogP contribution in [0.15, 0.2) is 12.4 Å². The number of imidazole rings is 1. The Morgan fingerprint density at radius 2 is 0.744 bits per heavy atom. The van der Waals surface area contributed by atoms with Gasteiger partial charge in [0.15, 0.2) is 0 Å². The fraction of sp³-hybridized carbons (Fsp3) is 0.927. The minimum atomic E-state index is 0.620. The molecule has 2 heteroatoms. The summed E-state index contributed by atoms with van der Waals surface area (Å²) in [5.74, 6) is 2.24. The van der Waals surface area contributed by atoms with E-state index in [-0.39, 0.29) is 0 Å². The van der Waals surface area contributed by atoms with Crippen molar-refractivity contribution < 1.29 is 4.57 Å². The molecule has 0 fully saturated rings. The van der Waals surface area contributed by atoms with Crippen molar-refractivity contribution in [3.05, 3.63) is 18.2 Å². The van der Waals surface area contributed by atoms with Gasteiger partial charge in [-0.1, -0.05) is 201 Å². The number of aromatic nitrogens is 2. The minimum absolute atomic E-state index is 0.620. The molecule has 254 valence electrons. The molecule has 1 aromatic rings. The molecule has 43 heavy (non-hydrogen) atoms. The Hall–Kier alpha value is -0.790. The van der Waals surface area contributed by atoms with Crippen molar-refractivity contribution in [2.75, 3.05) is 0 Å². The number of nitrogens with one attached hydrogen (secondary N) is 1. The molecule has 2 unspecified atom stereocenters. The maximum absolute atomic E-state index is 3.74. The molecule has 0 bridgehead atoms. The van der Waals surface area contributed by atoms with Crippen LogP contribution in [0.25, 0.3) is 0 Å². The summed E-state index contributed by atoms with van der Waals surface area (Å²) in [5.41, 5.74) is 0. The average Bonchev–Trinajstić information content (AvgIpc) is 3.51. The highest BCUT2D eigenvalue weighted by Gasteiger charge is 2.25. The second-order valence-electron chi connectivity index (χ2n) is 14.4. The lowest BCUT2D eigenvalue weighted by Crippen LogP contribution is -2.41. The first-order valence-electron chi connectivity index (χ1n) is 20.3. The Morgan fingerprint density at radius 1 is 0.442 bits per heavy atom. The summed E-state index contributed by atoms with van der Waals surface area (Å²) in [7, 11) is 0. The van der Waals surface area contributed by atoms with Gasteiger partial charge in [-0.25, -0.2) is 9.55 Å². The number of hydrogen-bond acceptors (Lipinski definition) is 0. The van der Waals surface area contributed by atoms with Gasteiger partial charge in [0.05, 0.1) is 12.0 Å². The molecule has 0 aliphatic heterocycles. The van der Waals surface area contributed by atoms with E-state index in [0.29, 0.717) is 12.0 Å². The van der Waals surface area contributed by atoms with Gasteiger partial charge in [0.2, 0.25) is 0 Å². The van der Waals surface area contributed by atoms with Gasteiger partial charge in [-0.3, -0.25) is 0 Å². The van der Waals surface area contributed by atoms with E-state index in [0.717, 1.165) is 0 Å². The largest absolute Gasteiger partial charge is 0.257 e. The lowest BCUT2D eigenvalue weighted by Gasteiger charge is -2.17. The van der Waals surface area contributed by atoms with Gasteiger partial charge in [-0.05, 0) is 32.6 Å². The van der Waals surface area contributed by atoms with Gasteiger partial charge in [0.1, 0.15) is 12.4 Å². The van der Waals surface area contributed by atoms with Crippen LogP contribution in [0.1, 0.15) is 251 Å². The molecule has 2 nitrogen and oxygen atoms in total. The summed E-state index contributed by atoms with van der Waals surface area (Å²) in [4.78, 5) is 3.74. The van der Waals surface area contributed by atoms with Gasteiger partial charge in [0, 0.05) is 0 Å². The summed E-state index contributed by atoms with van der Waals surface area (Å²) in [6.45, 7) is 9.42. The van der Waals surface area contributed by atoms with Crippen molar-refractivity contribution in [3.8, 4) is 0 Å². The summed E-state index contributed by atoms with van der Waals surface area (Å²) in [6.07, 6.45) is 50.2. The van der Waals surface area contributed by atoms with Crippen molar-refractivity contribution >= 4 is 0 Å². The number of aromatic amines is 1. The van der Waals surface area contributed by atoms with Crippen LogP contribution < -0.4 is 4.57 Å². The summed E-state index contributed by atoms with van der Waals surface area (Å²) in [6, 6.07) is 0.620. The Kier molecular flexibility index (Phi) is 29.2. The van der Waals surface area contributed by atoms with Gasteiger partial charge >= 0.3 is 0 Å². The summed E-state index contributed by atoms with van der Waals surface area (Å²) in [5, 5.41) is 0. The van der Waals surface area contributed by atoms with Gasteiger partial charge in [0.25, 0.3) is 5.82 Å². The van der Waals surface area contributed by atoms with Crippen LogP contribution in [-0.2, 0) is 0 Å². The van der Waals surface area contributed by atoms with E-state index in [1.54, 1.807) is 0 Å². The number of nitrogens with zero attached hydrogens (tertiary/aromatic N) is 1. The highest BCUT2D eigenvalue weighted by atomic mass is 15.1. The fourth-order valence-corrected chi connectivity index (χ4v) is 7.13. The third-order valence-corrected chi connectivity index (χ3v) is 10.1. The number of H-pyrrole nitrogens is 1. The predicted octanol–water partition coefficient (Wildman–Crippen LogP) is 14.5. The molecule has 0 aliphatic carbocycles. The fourth-order valence-electron chi connectivity index (χ4n) is 7.13. The number of rotatable bonds is 34. The average molecular weight is 602 g/mol. The van der Waals surface area contributed by atoms with E-state index < -0.39 is 0 Å². The first kappa shape index (κ1) is 40.2. The van der Waals surface area contributed by atoms with E-state index in [1.807, 2.05) is 0 Å². The lowest BCUT2D eigenvalue weighted by atomic mass is 9.93. The zero-order chi connectivity index (χ0) is 31.1. The van der Waals surface area contributed by atoms with E-state index in [1.165, 1.54) is 211 Å². The molecule has 0 aliphatic rings. The maximum Gasteiger partial charge on any atom is 0.257 e. The van der Waals surface area contributed by atoms with E-state index >= 15 is 0 Å². The molecule has 0 amide bonds. The molecular weight excluding hydrogens is 520 g/mol. The van der Waals surface area contributed by atoms with Crippen LogP contribution in [0, 0.1) is 0 Å².